The summed E-state index contributed by atoms with van der Waals surface area (Å²) in [5.74, 6) is -0.229. The Labute approximate surface area is 119 Å². The first-order chi connectivity index (χ1) is 9.36. The van der Waals surface area contributed by atoms with E-state index in [1.807, 2.05) is 0 Å². The number of nitro groups is 1. The third-order valence-corrected chi connectivity index (χ3v) is 4.70. The Morgan fingerprint density at radius 3 is 2.70 bits per heavy atom. The van der Waals surface area contributed by atoms with Gasteiger partial charge in [-0.2, -0.15) is 0 Å². The Bertz CT molecular complexity index is 544. The molecule has 0 saturated heterocycles. The van der Waals surface area contributed by atoms with Crippen LogP contribution in [0.15, 0.2) is 18.2 Å². The minimum Gasteiger partial charge on any atom is -0.469 e. The Kier molecular flexibility index (Phi) is 5.82. The van der Waals surface area contributed by atoms with Gasteiger partial charge in [0.15, 0.2) is 0 Å². The normalized spacial score (nSPS) is 13.6. The highest BCUT2D eigenvalue weighted by Crippen LogP contribution is 2.23. The SMILES string of the molecule is COC(=O)CC(C)S(=O)Cc1cccc([N+](=O)[O-])c1C. The van der Waals surface area contributed by atoms with E-state index < -0.39 is 21.7 Å². The van der Waals surface area contributed by atoms with Crippen molar-refractivity contribution in [3.8, 4) is 0 Å². The lowest BCUT2D eigenvalue weighted by Crippen LogP contribution is -2.18. The Morgan fingerprint density at radius 2 is 2.15 bits per heavy atom. The first kappa shape index (κ1) is 16.3. The standard InChI is InChI=1S/C13H17NO5S/c1-9(7-13(15)19-3)20(18)8-11-5-4-6-12(10(11)2)14(16)17/h4-6,9H,7-8H2,1-3H3. The molecule has 110 valence electrons. The second kappa shape index (κ2) is 7.14. The Morgan fingerprint density at radius 1 is 1.50 bits per heavy atom. The summed E-state index contributed by atoms with van der Waals surface area (Å²) in [6.45, 7) is 3.33. The van der Waals surface area contributed by atoms with Crippen molar-refractivity contribution in [1.82, 2.24) is 0 Å². The van der Waals surface area contributed by atoms with Gasteiger partial charge in [0.25, 0.3) is 5.69 Å². The molecule has 0 aromatic heterocycles. The molecule has 20 heavy (non-hydrogen) atoms. The van der Waals surface area contributed by atoms with Gasteiger partial charge in [-0.3, -0.25) is 19.1 Å². The first-order valence-corrected chi connectivity index (χ1v) is 7.42. The average Bonchev–Trinajstić information content (AvgIpc) is 2.40. The molecule has 0 spiro atoms. The fourth-order valence-corrected chi connectivity index (χ4v) is 2.96. The first-order valence-electron chi connectivity index (χ1n) is 6.03. The van der Waals surface area contributed by atoms with Gasteiger partial charge in [0.1, 0.15) is 0 Å². The number of hydrogen-bond donors (Lipinski definition) is 0. The van der Waals surface area contributed by atoms with Gasteiger partial charge in [0.05, 0.1) is 18.5 Å². The lowest BCUT2D eigenvalue weighted by atomic mass is 10.1. The summed E-state index contributed by atoms with van der Waals surface area (Å²) in [4.78, 5) is 21.5. The van der Waals surface area contributed by atoms with Crippen LogP contribution in [0.1, 0.15) is 24.5 Å². The van der Waals surface area contributed by atoms with Crippen LogP contribution >= 0.6 is 0 Å². The molecular weight excluding hydrogens is 282 g/mol. The number of ether oxygens (including phenoxy) is 1. The molecule has 1 rings (SSSR count). The molecule has 6 nitrogen and oxygen atoms in total. The van der Waals surface area contributed by atoms with Crippen molar-refractivity contribution in [2.75, 3.05) is 7.11 Å². The molecule has 2 atom stereocenters. The summed E-state index contributed by atoms with van der Waals surface area (Å²) in [5.41, 5.74) is 1.19. The second-order valence-corrected chi connectivity index (χ2v) is 6.29. The van der Waals surface area contributed by atoms with E-state index in [0.717, 1.165) is 0 Å². The van der Waals surface area contributed by atoms with E-state index in [2.05, 4.69) is 4.74 Å². The zero-order valence-corrected chi connectivity index (χ0v) is 12.4. The van der Waals surface area contributed by atoms with Crippen LogP contribution < -0.4 is 0 Å². The van der Waals surface area contributed by atoms with E-state index in [4.69, 9.17) is 0 Å². The van der Waals surface area contributed by atoms with E-state index in [9.17, 15) is 19.1 Å². The molecule has 1 aromatic rings. The van der Waals surface area contributed by atoms with Crippen LogP contribution in [0.5, 0.6) is 0 Å². The van der Waals surface area contributed by atoms with Crippen molar-refractivity contribution >= 4 is 22.5 Å². The van der Waals surface area contributed by atoms with Gasteiger partial charge in [-0.15, -0.1) is 0 Å². The van der Waals surface area contributed by atoms with Gasteiger partial charge < -0.3 is 4.74 Å². The molecule has 2 unspecified atom stereocenters. The van der Waals surface area contributed by atoms with Crippen LogP contribution in [0.4, 0.5) is 5.69 Å². The molecule has 0 aliphatic rings. The Hall–Kier alpha value is -1.76. The van der Waals surface area contributed by atoms with Gasteiger partial charge in [-0.25, -0.2) is 0 Å². The van der Waals surface area contributed by atoms with Crippen molar-refractivity contribution in [3.05, 3.63) is 39.4 Å². The van der Waals surface area contributed by atoms with Crippen molar-refractivity contribution in [1.29, 1.82) is 0 Å². The summed E-state index contributed by atoms with van der Waals surface area (Å²) in [5, 5.41) is 10.5. The largest absolute Gasteiger partial charge is 0.469 e. The zero-order valence-electron chi connectivity index (χ0n) is 11.6. The third kappa shape index (κ3) is 4.12. The lowest BCUT2D eigenvalue weighted by Gasteiger charge is -2.11. The number of nitro benzene ring substituents is 1. The number of carbonyl (C=O) groups is 1. The van der Waals surface area contributed by atoms with Crippen molar-refractivity contribution in [2.45, 2.75) is 31.3 Å². The molecule has 0 aliphatic carbocycles. The number of benzene rings is 1. The molecule has 0 heterocycles. The summed E-state index contributed by atoms with van der Waals surface area (Å²) in [6, 6.07) is 4.70. The highest BCUT2D eigenvalue weighted by Gasteiger charge is 2.19. The number of hydrogen-bond acceptors (Lipinski definition) is 5. The highest BCUT2D eigenvalue weighted by molar-refractivity contribution is 7.84. The van der Waals surface area contributed by atoms with E-state index in [0.29, 0.717) is 11.1 Å². The van der Waals surface area contributed by atoms with Crippen LogP contribution in [-0.2, 0) is 26.1 Å². The number of rotatable bonds is 6. The fraction of sp³-hybridized carbons (Fsp3) is 0.462. The van der Waals surface area contributed by atoms with Gasteiger partial charge in [0.2, 0.25) is 0 Å². The molecule has 0 saturated carbocycles. The smallest absolute Gasteiger partial charge is 0.306 e. The second-order valence-electron chi connectivity index (χ2n) is 4.43. The summed E-state index contributed by atoms with van der Waals surface area (Å²) < 4.78 is 16.7. The molecule has 0 fully saturated rings. The van der Waals surface area contributed by atoms with Crippen LogP contribution in [0.3, 0.4) is 0 Å². The maximum atomic E-state index is 12.1. The number of methoxy groups -OCH3 is 1. The number of nitrogens with zero attached hydrogens (tertiary/aromatic N) is 1. The minimum atomic E-state index is -1.29. The number of esters is 1. The fourth-order valence-electron chi connectivity index (χ4n) is 1.73. The summed E-state index contributed by atoms with van der Waals surface area (Å²) in [7, 11) is -0.0127. The van der Waals surface area contributed by atoms with Crippen molar-refractivity contribution < 1.29 is 18.7 Å². The molecule has 0 radical (unpaired) electrons. The average molecular weight is 299 g/mol. The topological polar surface area (TPSA) is 86.5 Å². The van der Waals surface area contributed by atoms with Crippen molar-refractivity contribution in [2.24, 2.45) is 0 Å². The van der Waals surface area contributed by atoms with Crippen LogP contribution in [0.2, 0.25) is 0 Å². The zero-order chi connectivity index (χ0) is 15.3. The third-order valence-electron chi connectivity index (χ3n) is 3.04. The maximum Gasteiger partial charge on any atom is 0.306 e. The summed E-state index contributed by atoms with van der Waals surface area (Å²) >= 11 is 0. The highest BCUT2D eigenvalue weighted by atomic mass is 32.2. The lowest BCUT2D eigenvalue weighted by molar-refractivity contribution is -0.385. The minimum absolute atomic E-state index is 0.0140. The van der Waals surface area contributed by atoms with E-state index in [-0.39, 0.29) is 23.1 Å². The molecule has 0 amide bonds. The van der Waals surface area contributed by atoms with E-state index in [1.165, 1.54) is 13.2 Å². The maximum absolute atomic E-state index is 12.1. The van der Waals surface area contributed by atoms with Crippen LogP contribution in [0.25, 0.3) is 0 Å². The van der Waals surface area contributed by atoms with E-state index >= 15 is 0 Å². The molecule has 0 bridgehead atoms. The molecule has 1 aromatic carbocycles. The molecule has 7 heteroatoms. The summed E-state index contributed by atoms with van der Waals surface area (Å²) in [6.07, 6.45) is 0.0666. The quantitative estimate of drug-likeness (QED) is 0.456. The van der Waals surface area contributed by atoms with Gasteiger partial charge in [0, 0.05) is 33.4 Å². The molecular formula is C13H17NO5S. The number of carbonyl (C=O) groups excluding carboxylic acids is 1. The van der Waals surface area contributed by atoms with Gasteiger partial charge in [-0.1, -0.05) is 19.1 Å². The van der Waals surface area contributed by atoms with E-state index in [1.54, 1.807) is 26.0 Å². The molecule has 0 N–H and O–H groups in total. The molecule has 0 aliphatic heterocycles. The van der Waals surface area contributed by atoms with Gasteiger partial charge in [-0.05, 0) is 12.5 Å². The predicted octanol–water partition coefficient (Wildman–Crippen LogP) is 2.10. The predicted molar refractivity (Wildman–Crippen MR) is 75.8 cm³/mol. The monoisotopic (exact) mass is 299 g/mol. The van der Waals surface area contributed by atoms with Crippen LogP contribution in [-0.4, -0.2) is 27.5 Å². The van der Waals surface area contributed by atoms with Crippen LogP contribution in [0, 0.1) is 17.0 Å². The van der Waals surface area contributed by atoms with Gasteiger partial charge >= 0.3 is 5.97 Å². The van der Waals surface area contributed by atoms with Crippen molar-refractivity contribution in [3.63, 3.8) is 0 Å². The Balaban J connectivity index is 2.83.